The van der Waals surface area contributed by atoms with Crippen LogP contribution in [0.15, 0.2) is 30.6 Å². The highest BCUT2D eigenvalue weighted by Crippen LogP contribution is 2.29. The Morgan fingerprint density at radius 3 is 2.65 bits per heavy atom. The standard InChI is InChI=1S/C23H28N6OS/c30-22(26-16-7-4-8-16)19-13-24-14-21(28-19)25-12-15-9-10-18-20(11-15)31-23(29-18)27-17-5-2-1-3-6-17/h9-11,13-14,16-17H,1-8,12H2,(H,25,28)(H,26,30)(H,27,29). The van der Waals surface area contributed by atoms with Gasteiger partial charge in [-0.2, -0.15) is 0 Å². The summed E-state index contributed by atoms with van der Waals surface area (Å²) in [5, 5.41) is 10.9. The first kappa shape index (κ1) is 20.2. The van der Waals surface area contributed by atoms with Crippen LogP contribution < -0.4 is 16.0 Å². The Balaban J connectivity index is 1.21. The van der Waals surface area contributed by atoms with Crippen molar-refractivity contribution < 1.29 is 4.79 Å². The second-order valence-electron chi connectivity index (χ2n) is 8.54. The first-order valence-electron chi connectivity index (χ1n) is 11.3. The Kier molecular flexibility index (Phi) is 5.97. The van der Waals surface area contributed by atoms with E-state index in [0.717, 1.165) is 29.1 Å². The van der Waals surface area contributed by atoms with Gasteiger partial charge in [0.25, 0.3) is 5.91 Å². The summed E-state index contributed by atoms with van der Waals surface area (Å²) in [5.74, 6) is 0.454. The summed E-state index contributed by atoms with van der Waals surface area (Å²) < 4.78 is 1.18. The van der Waals surface area contributed by atoms with Gasteiger partial charge >= 0.3 is 0 Å². The fraction of sp³-hybridized carbons (Fsp3) is 0.478. The number of amides is 1. The maximum absolute atomic E-state index is 12.3. The zero-order valence-electron chi connectivity index (χ0n) is 17.6. The lowest BCUT2D eigenvalue weighted by atomic mass is 9.93. The molecule has 5 rings (SSSR count). The normalized spacial score (nSPS) is 17.3. The van der Waals surface area contributed by atoms with Crippen molar-refractivity contribution in [2.45, 2.75) is 70.0 Å². The molecule has 2 heterocycles. The molecule has 0 spiro atoms. The number of nitrogens with zero attached hydrogens (tertiary/aromatic N) is 3. The molecule has 0 radical (unpaired) electrons. The van der Waals surface area contributed by atoms with Crippen LogP contribution in [0.2, 0.25) is 0 Å². The van der Waals surface area contributed by atoms with Crippen molar-refractivity contribution in [2.24, 2.45) is 0 Å². The SMILES string of the molecule is O=C(NC1CCC1)c1cncc(NCc2ccc3nc(NC4CCCCC4)sc3c2)n1. The quantitative estimate of drug-likeness (QED) is 0.496. The number of anilines is 2. The van der Waals surface area contributed by atoms with Gasteiger partial charge < -0.3 is 16.0 Å². The highest BCUT2D eigenvalue weighted by molar-refractivity contribution is 7.22. The van der Waals surface area contributed by atoms with Crippen LogP contribution in [0, 0.1) is 0 Å². The zero-order chi connectivity index (χ0) is 21.0. The van der Waals surface area contributed by atoms with Gasteiger partial charge in [0.15, 0.2) is 5.13 Å². The first-order chi connectivity index (χ1) is 15.2. The fourth-order valence-corrected chi connectivity index (χ4v) is 5.13. The van der Waals surface area contributed by atoms with Crippen molar-refractivity contribution in [1.82, 2.24) is 20.3 Å². The molecule has 2 aromatic heterocycles. The second kappa shape index (κ2) is 9.18. The number of rotatable bonds is 7. The topological polar surface area (TPSA) is 91.8 Å². The molecule has 31 heavy (non-hydrogen) atoms. The number of thiazole rings is 1. The number of aromatic nitrogens is 3. The largest absolute Gasteiger partial charge is 0.365 e. The molecule has 0 aliphatic heterocycles. The molecule has 3 N–H and O–H groups in total. The van der Waals surface area contributed by atoms with Crippen molar-refractivity contribution in [1.29, 1.82) is 0 Å². The first-order valence-corrected chi connectivity index (χ1v) is 12.1. The van der Waals surface area contributed by atoms with Crippen molar-refractivity contribution in [3.8, 4) is 0 Å². The fourth-order valence-electron chi connectivity index (χ4n) is 4.13. The molecule has 0 unspecified atom stereocenters. The van der Waals surface area contributed by atoms with Crippen molar-refractivity contribution in [3.63, 3.8) is 0 Å². The molecule has 1 aromatic carbocycles. The summed E-state index contributed by atoms with van der Waals surface area (Å²) in [4.78, 5) is 25.7. The molecule has 2 fully saturated rings. The maximum atomic E-state index is 12.3. The molecule has 7 nitrogen and oxygen atoms in total. The lowest BCUT2D eigenvalue weighted by Crippen LogP contribution is -2.39. The van der Waals surface area contributed by atoms with E-state index < -0.39 is 0 Å². The van der Waals surface area contributed by atoms with Crippen LogP contribution in [-0.2, 0) is 6.54 Å². The van der Waals surface area contributed by atoms with Crippen molar-refractivity contribution in [2.75, 3.05) is 10.6 Å². The Bertz CT molecular complexity index is 1060. The molecule has 2 aliphatic rings. The number of nitrogens with one attached hydrogen (secondary N) is 3. The van der Waals surface area contributed by atoms with Crippen LogP contribution in [0.25, 0.3) is 10.2 Å². The van der Waals surface area contributed by atoms with Crippen LogP contribution in [0.3, 0.4) is 0 Å². The number of hydrogen-bond donors (Lipinski definition) is 3. The Hall–Kier alpha value is -2.74. The summed E-state index contributed by atoms with van der Waals surface area (Å²) in [6.45, 7) is 0.613. The molecule has 162 valence electrons. The Morgan fingerprint density at radius 2 is 1.84 bits per heavy atom. The smallest absolute Gasteiger partial charge is 0.271 e. The summed E-state index contributed by atoms with van der Waals surface area (Å²) >= 11 is 1.72. The van der Waals surface area contributed by atoms with Crippen LogP contribution in [-0.4, -0.2) is 32.9 Å². The minimum absolute atomic E-state index is 0.148. The van der Waals surface area contributed by atoms with Gasteiger partial charge in [-0.3, -0.25) is 9.78 Å². The van der Waals surface area contributed by atoms with Gasteiger partial charge in [0.1, 0.15) is 11.5 Å². The molecule has 2 saturated carbocycles. The van der Waals surface area contributed by atoms with Gasteiger partial charge in [-0.15, -0.1) is 0 Å². The van der Waals surface area contributed by atoms with E-state index in [2.05, 4.69) is 44.1 Å². The zero-order valence-corrected chi connectivity index (χ0v) is 18.4. The Labute approximate surface area is 186 Å². The van der Waals surface area contributed by atoms with E-state index in [1.165, 1.54) is 49.4 Å². The van der Waals surface area contributed by atoms with E-state index in [1.807, 2.05) is 0 Å². The van der Waals surface area contributed by atoms with Crippen molar-refractivity contribution >= 4 is 38.4 Å². The third-order valence-corrected chi connectivity index (χ3v) is 7.12. The highest BCUT2D eigenvalue weighted by atomic mass is 32.1. The molecular weight excluding hydrogens is 408 g/mol. The van der Waals surface area contributed by atoms with Crippen LogP contribution >= 0.6 is 11.3 Å². The van der Waals surface area contributed by atoms with Gasteiger partial charge in [-0.05, 0) is 49.8 Å². The molecule has 0 saturated heterocycles. The average Bonchev–Trinajstić information content (AvgIpc) is 3.17. The summed E-state index contributed by atoms with van der Waals surface area (Å²) in [6.07, 6.45) is 12.9. The molecule has 0 atom stereocenters. The molecule has 1 amide bonds. The predicted octanol–water partition coefficient (Wildman–Crippen LogP) is 4.73. The summed E-state index contributed by atoms with van der Waals surface area (Å²) in [6, 6.07) is 7.17. The van der Waals surface area contributed by atoms with E-state index in [-0.39, 0.29) is 11.9 Å². The molecule has 0 bridgehead atoms. The molecule has 3 aromatic rings. The monoisotopic (exact) mass is 436 g/mol. The second-order valence-corrected chi connectivity index (χ2v) is 9.58. The number of carbonyl (C=O) groups is 1. The number of benzene rings is 1. The van der Waals surface area contributed by atoms with Gasteiger partial charge in [-0.1, -0.05) is 36.7 Å². The van der Waals surface area contributed by atoms with E-state index in [1.54, 1.807) is 17.5 Å². The highest BCUT2D eigenvalue weighted by Gasteiger charge is 2.21. The minimum atomic E-state index is -0.148. The van der Waals surface area contributed by atoms with E-state index in [9.17, 15) is 4.79 Å². The predicted molar refractivity (Wildman–Crippen MR) is 125 cm³/mol. The van der Waals surface area contributed by atoms with Crippen molar-refractivity contribution in [3.05, 3.63) is 41.9 Å². The average molecular weight is 437 g/mol. The van der Waals surface area contributed by atoms with E-state index in [4.69, 9.17) is 4.98 Å². The number of carbonyl (C=O) groups excluding carboxylic acids is 1. The number of hydrogen-bond acceptors (Lipinski definition) is 7. The van der Waals surface area contributed by atoms with Crippen LogP contribution in [0.1, 0.15) is 67.4 Å². The molecular formula is C23H28N6OS. The maximum Gasteiger partial charge on any atom is 0.271 e. The van der Waals surface area contributed by atoms with Gasteiger partial charge in [0.05, 0.1) is 22.6 Å². The number of fused-ring (bicyclic) bond motifs is 1. The van der Waals surface area contributed by atoms with Crippen LogP contribution in [0.5, 0.6) is 0 Å². The van der Waals surface area contributed by atoms with Gasteiger partial charge in [-0.25, -0.2) is 9.97 Å². The summed E-state index contributed by atoms with van der Waals surface area (Å²) in [7, 11) is 0. The van der Waals surface area contributed by atoms with Gasteiger partial charge in [0.2, 0.25) is 0 Å². The van der Waals surface area contributed by atoms with E-state index >= 15 is 0 Å². The third kappa shape index (κ3) is 4.95. The lowest BCUT2D eigenvalue weighted by molar-refractivity contribution is 0.0911. The molecule has 2 aliphatic carbocycles. The summed E-state index contributed by atoms with van der Waals surface area (Å²) in [5.41, 5.74) is 2.53. The third-order valence-electron chi connectivity index (χ3n) is 6.17. The lowest BCUT2D eigenvalue weighted by Gasteiger charge is -2.26. The molecule has 8 heteroatoms. The Morgan fingerprint density at radius 1 is 1.00 bits per heavy atom. The van der Waals surface area contributed by atoms with E-state index in [0.29, 0.717) is 24.1 Å². The van der Waals surface area contributed by atoms with Crippen LogP contribution in [0.4, 0.5) is 10.9 Å². The minimum Gasteiger partial charge on any atom is -0.365 e. The van der Waals surface area contributed by atoms with Gasteiger partial charge in [0, 0.05) is 18.6 Å².